The molecule has 2 rings (SSSR count). The molecule has 0 bridgehead atoms. The number of rotatable bonds is 4. The van der Waals surface area contributed by atoms with Crippen molar-refractivity contribution in [2.24, 2.45) is 11.6 Å². The Morgan fingerprint density at radius 2 is 1.96 bits per heavy atom. The van der Waals surface area contributed by atoms with Crippen LogP contribution in [0.15, 0.2) is 36.2 Å². The molecule has 0 aliphatic heterocycles. The predicted molar refractivity (Wildman–Crippen MR) is 78.9 cm³/mol. The number of ether oxygens (including phenoxy) is 2. The predicted octanol–water partition coefficient (Wildman–Crippen LogP) is 1.40. The van der Waals surface area contributed by atoms with Crippen molar-refractivity contribution < 1.29 is 27.4 Å². The number of fused-ring (bicyclic) bond motifs is 1. The number of nitrogens with zero attached hydrogens (tertiary/aromatic N) is 1. The van der Waals surface area contributed by atoms with Gasteiger partial charge in [0, 0.05) is 11.6 Å². The van der Waals surface area contributed by atoms with Gasteiger partial charge >= 0.3 is 12.3 Å². The molecule has 5 N–H and O–H groups in total. The number of alkyl halides is 3. The van der Waals surface area contributed by atoms with Crippen LogP contribution >= 0.6 is 0 Å². The number of methoxy groups -OCH3 is 1. The number of hydrazine groups is 1. The van der Waals surface area contributed by atoms with Gasteiger partial charge in [-0.3, -0.25) is 10.8 Å². The number of nitrogens with one attached hydrogen (secondary N) is 1. The summed E-state index contributed by atoms with van der Waals surface area (Å²) in [5.41, 5.74) is 7.90. The zero-order valence-corrected chi connectivity index (χ0v) is 12.3. The number of hydrogen-bond acceptors (Lipinski definition) is 7. The van der Waals surface area contributed by atoms with Crippen LogP contribution < -0.4 is 21.7 Å². The molecule has 24 heavy (non-hydrogen) atoms. The standard InChI is InChI=1S/C14H13F3N4O3/c1-23-13(22)12(21-19)11(18)10-5-7-2-3-9(24-14(15,16)17)4-8(7)6-20-10/h2-6,21H,18-19H2,1H3/b12-11-. The van der Waals surface area contributed by atoms with Gasteiger partial charge in [0.2, 0.25) is 0 Å². The maximum absolute atomic E-state index is 12.2. The van der Waals surface area contributed by atoms with Gasteiger partial charge in [-0.2, -0.15) is 0 Å². The SMILES string of the molecule is COC(=O)/C(NN)=C(/N)c1cc2ccc(OC(F)(F)F)cc2cn1. The molecule has 10 heteroatoms. The lowest BCUT2D eigenvalue weighted by Crippen LogP contribution is -2.30. The van der Waals surface area contributed by atoms with Crippen molar-refractivity contribution in [3.05, 3.63) is 41.9 Å². The molecule has 1 heterocycles. The molecule has 0 atom stereocenters. The van der Waals surface area contributed by atoms with Crippen molar-refractivity contribution in [2.45, 2.75) is 6.36 Å². The van der Waals surface area contributed by atoms with Crippen LogP contribution in [0.4, 0.5) is 13.2 Å². The molecule has 0 spiro atoms. The van der Waals surface area contributed by atoms with Crippen molar-refractivity contribution >= 4 is 22.4 Å². The van der Waals surface area contributed by atoms with Crippen molar-refractivity contribution in [2.75, 3.05) is 7.11 Å². The van der Waals surface area contributed by atoms with Crippen molar-refractivity contribution in [3.8, 4) is 5.75 Å². The summed E-state index contributed by atoms with van der Waals surface area (Å²) in [6, 6.07) is 5.23. The highest BCUT2D eigenvalue weighted by atomic mass is 19.4. The summed E-state index contributed by atoms with van der Waals surface area (Å²) in [6.07, 6.45) is -3.48. The molecule has 0 amide bonds. The fourth-order valence-electron chi connectivity index (χ4n) is 1.94. The number of benzene rings is 1. The molecule has 2 aromatic rings. The van der Waals surface area contributed by atoms with E-state index in [-0.39, 0.29) is 22.8 Å². The molecule has 1 aromatic heterocycles. The number of carbonyl (C=O) groups is 1. The number of pyridine rings is 1. The first-order chi connectivity index (χ1) is 11.2. The molecule has 0 aliphatic carbocycles. The van der Waals surface area contributed by atoms with E-state index in [4.69, 9.17) is 11.6 Å². The number of halogens is 3. The van der Waals surface area contributed by atoms with Gasteiger partial charge in [0.05, 0.1) is 18.5 Å². The van der Waals surface area contributed by atoms with Gasteiger partial charge in [0.15, 0.2) is 5.70 Å². The van der Waals surface area contributed by atoms with Crippen LogP contribution in [-0.2, 0) is 9.53 Å². The summed E-state index contributed by atoms with van der Waals surface area (Å²) in [4.78, 5) is 15.6. The van der Waals surface area contributed by atoms with Crippen LogP contribution in [0.1, 0.15) is 5.69 Å². The lowest BCUT2D eigenvalue weighted by Gasteiger charge is -2.11. The highest BCUT2D eigenvalue weighted by Crippen LogP contribution is 2.27. The molecule has 0 fully saturated rings. The molecule has 7 nitrogen and oxygen atoms in total. The molecule has 0 aliphatic rings. The van der Waals surface area contributed by atoms with E-state index in [1.165, 1.54) is 24.4 Å². The van der Waals surface area contributed by atoms with E-state index in [1.807, 2.05) is 0 Å². The summed E-state index contributed by atoms with van der Waals surface area (Å²) >= 11 is 0. The molecule has 0 radical (unpaired) electrons. The van der Waals surface area contributed by atoms with Crippen molar-refractivity contribution in [1.29, 1.82) is 0 Å². The third-order valence-corrected chi connectivity index (χ3v) is 3.01. The zero-order valence-electron chi connectivity index (χ0n) is 12.3. The monoisotopic (exact) mass is 342 g/mol. The Morgan fingerprint density at radius 3 is 2.54 bits per heavy atom. The third kappa shape index (κ3) is 3.84. The Labute approximate surface area is 134 Å². The number of aromatic nitrogens is 1. The molecular weight excluding hydrogens is 329 g/mol. The average Bonchev–Trinajstić information content (AvgIpc) is 2.53. The van der Waals surface area contributed by atoms with Gasteiger partial charge in [0.25, 0.3) is 0 Å². The Balaban J connectivity index is 2.43. The normalized spacial score (nSPS) is 12.5. The topological polar surface area (TPSA) is 112 Å². The minimum Gasteiger partial charge on any atom is -0.464 e. The van der Waals surface area contributed by atoms with Gasteiger partial charge in [-0.05, 0) is 23.6 Å². The summed E-state index contributed by atoms with van der Waals surface area (Å²) in [6.45, 7) is 0. The lowest BCUT2D eigenvalue weighted by molar-refractivity contribution is -0.274. The van der Waals surface area contributed by atoms with Crippen LogP contribution in [0.25, 0.3) is 16.5 Å². The van der Waals surface area contributed by atoms with E-state index in [0.29, 0.717) is 10.8 Å². The first-order valence-electron chi connectivity index (χ1n) is 6.45. The maximum Gasteiger partial charge on any atom is 0.573 e. The second-order valence-corrected chi connectivity index (χ2v) is 4.55. The van der Waals surface area contributed by atoms with E-state index in [9.17, 15) is 18.0 Å². The molecule has 0 unspecified atom stereocenters. The van der Waals surface area contributed by atoms with Crippen LogP contribution in [0.5, 0.6) is 5.75 Å². The van der Waals surface area contributed by atoms with E-state index < -0.39 is 12.3 Å². The van der Waals surface area contributed by atoms with Gasteiger partial charge < -0.3 is 20.6 Å². The van der Waals surface area contributed by atoms with Crippen molar-refractivity contribution in [1.82, 2.24) is 10.4 Å². The van der Waals surface area contributed by atoms with Gasteiger partial charge in [-0.1, -0.05) is 6.07 Å². The van der Waals surface area contributed by atoms with Crippen LogP contribution in [-0.4, -0.2) is 24.4 Å². The first-order valence-corrected chi connectivity index (χ1v) is 6.45. The largest absolute Gasteiger partial charge is 0.573 e. The summed E-state index contributed by atoms with van der Waals surface area (Å²) in [5, 5.41) is 0.937. The maximum atomic E-state index is 12.2. The summed E-state index contributed by atoms with van der Waals surface area (Å²) in [5.74, 6) is 4.08. The molecule has 1 aromatic carbocycles. The van der Waals surface area contributed by atoms with Gasteiger partial charge in [0.1, 0.15) is 5.75 Å². The minimum atomic E-state index is -4.78. The van der Waals surface area contributed by atoms with Crippen LogP contribution in [0.2, 0.25) is 0 Å². The van der Waals surface area contributed by atoms with Gasteiger partial charge in [-0.15, -0.1) is 13.2 Å². The lowest BCUT2D eigenvalue weighted by atomic mass is 10.1. The van der Waals surface area contributed by atoms with E-state index >= 15 is 0 Å². The highest BCUT2D eigenvalue weighted by molar-refractivity contribution is 5.96. The quantitative estimate of drug-likeness (QED) is 0.333. The molecule has 0 saturated carbocycles. The fraction of sp³-hybridized carbons (Fsp3) is 0.143. The summed E-state index contributed by atoms with van der Waals surface area (Å²) < 4.78 is 45.0. The number of hydrogen-bond donors (Lipinski definition) is 3. The summed E-state index contributed by atoms with van der Waals surface area (Å²) in [7, 11) is 1.16. The smallest absolute Gasteiger partial charge is 0.464 e. The zero-order chi connectivity index (χ0) is 17.9. The van der Waals surface area contributed by atoms with Crippen molar-refractivity contribution in [3.63, 3.8) is 0 Å². The molecule has 0 saturated heterocycles. The number of esters is 1. The minimum absolute atomic E-state index is 0.0677. The van der Waals surface area contributed by atoms with Gasteiger partial charge in [-0.25, -0.2) is 4.79 Å². The average molecular weight is 342 g/mol. The second-order valence-electron chi connectivity index (χ2n) is 4.55. The van der Waals surface area contributed by atoms with E-state index in [1.54, 1.807) is 0 Å². The Kier molecular flexibility index (Phi) is 4.79. The van der Waals surface area contributed by atoms with E-state index in [2.05, 4.69) is 19.9 Å². The second kappa shape index (κ2) is 6.62. The third-order valence-electron chi connectivity index (χ3n) is 3.01. The number of carbonyl (C=O) groups excluding carboxylic acids is 1. The highest BCUT2D eigenvalue weighted by Gasteiger charge is 2.31. The van der Waals surface area contributed by atoms with Crippen LogP contribution in [0, 0.1) is 0 Å². The number of nitrogens with two attached hydrogens (primary N) is 2. The Hall–Kier alpha value is -3.01. The Bertz CT molecular complexity index is 805. The Morgan fingerprint density at radius 1 is 1.25 bits per heavy atom. The van der Waals surface area contributed by atoms with Crippen LogP contribution in [0.3, 0.4) is 0 Å². The molecule has 128 valence electrons. The molecular formula is C14H13F3N4O3. The fourth-order valence-corrected chi connectivity index (χ4v) is 1.94. The van der Waals surface area contributed by atoms with E-state index in [0.717, 1.165) is 13.2 Å². The first kappa shape index (κ1) is 17.3.